The summed E-state index contributed by atoms with van der Waals surface area (Å²) in [5.74, 6) is 0.0889. The van der Waals surface area contributed by atoms with Crippen LogP contribution in [0.15, 0.2) is 4.42 Å². The van der Waals surface area contributed by atoms with E-state index in [1.54, 1.807) is 0 Å². The smallest absolute Gasteiger partial charge is 0.445 e. The molecule has 0 radical (unpaired) electrons. The van der Waals surface area contributed by atoms with E-state index in [0.717, 1.165) is 36.8 Å². The Morgan fingerprint density at radius 2 is 1.92 bits per heavy atom. The van der Waals surface area contributed by atoms with Crippen LogP contribution in [0.4, 0.5) is 4.79 Å². The number of ketones is 1. The molecule has 2 rings (SSSR count). The fourth-order valence-electron chi connectivity index (χ4n) is 2.84. The quantitative estimate of drug-likeness (QED) is 0.601. The van der Waals surface area contributed by atoms with Crippen molar-refractivity contribution in [1.82, 2.24) is 10.4 Å². The van der Waals surface area contributed by atoms with E-state index in [-0.39, 0.29) is 29.9 Å². The molecule has 1 N–H and O–H groups in total. The van der Waals surface area contributed by atoms with E-state index < -0.39 is 6.03 Å². The SMILES string of the molecule is CC(C)CCC(=O)c1oc(OC(C)C)n[n+]1C(=O)NC1CCCCC1. The van der Waals surface area contributed by atoms with Crippen molar-refractivity contribution < 1.29 is 23.4 Å². The molecule has 0 aromatic carbocycles. The first-order valence-corrected chi connectivity index (χ1v) is 9.30. The molecule has 1 aromatic rings. The van der Waals surface area contributed by atoms with Crippen LogP contribution in [0.1, 0.15) is 83.3 Å². The Kier molecular flexibility index (Phi) is 6.96. The molecule has 1 aromatic heterocycles. The Morgan fingerprint density at radius 1 is 1.24 bits per heavy atom. The van der Waals surface area contributed by atoms with Gasteiger partial charge in [-0.3, -0.25) is 4.79 Å². The summed E-state index contributed by atoms with van der Waals surface area (Å²) in [6.45, 7) is 7.75. The molecule has 1 heterocycles. The lowest BCUT2D eigenvalue weighted by atomic mass is 9.96. The fourth-order valence-corrected chi connectivity index (χ4v) is 2.84. The number of rotatable bonds is 7. The second kappa shape index (κ2) is 8.97. The third kappa shape index (κ3) is 5.83. The number of carbonyl (C=O) groups excluding carboxylic acids is 2. The maximum atomic E-state index is 12.6. The fraction of sp³-hybridized carbons (Fsp3) is 0.778. The van der Waals surface area contributed by atoms with Gasteiger partial charge in [-0.05, 0) is 56.6 Å². The van der Waals surface area contributed by atoms with Gasteiger partial charge >= 0.3 is 18.0 Å². The van der Waals surface area contributed by atoms with Crippen LogP contribution in [-0.2, 0) is 0 Å². The van der Waals surface area contributed by atoms with Crippen molar-refractivity contribution in [2.75, 3.05) is 0 Å². The Morgan fingerprint density at radius 3 is 2.52 bits per heavy atom. The van der Waals surface area contributed by atoms with Crippen molar-refractivity contribution in [3.8, 4) is 6.08 Å². The maximum absolute atomic E-state index is 12.6. The average molecular weight is 352 g/mol. The first-order valence-electron chi connectivity index (χ1n) is 9.30. The number of amides is 1. The predicted octanol–water partition coefficient (Wildman–Crippen LogP) is 3.26. The molecule has 7 nitrogen and oxygen atoms in total. The van der Waals surface area contributed by atoms with Crippen LogP contribution in [0.3, 0.4) is 0 Å². The van der Waals surface area contributed by atoms with Gasteiger partial charge in [0.05, 0.1) is 12.1 Å². The predicted molar refractivity (Wildman–Crippen MR) is 91.7 cm³/mol. The molecule has 25 heavy (non-hydrogen) atoms. The van der Waals surface area contributed by atoms with E-state index in [4.69, 9.17) is 9.15 Å². The summed E-state index contributed by atoms with van der Waals surface area (Å²) in [4.78, 5) is 25.1. The van der Waals surface area contributed by atoms with E-state index in [1.807, 2.05) is 27.7 Å². The van der Waals surface area contributed by atoms with Gasteiger partial charge in [-0.25, -0.2) is 5.32 Å². The van der Waals surface area contributed by atoms with Crippen molar-refractivity contribution >= 4 is 11.8 Å². The lowest BCUT2D eigenvalue weighted by Crippen LogP contribution is -2.57. The molecule has 0 saturated heterocycles. The molecule has 1 fully saturated rings. The zero-order valence-electron chi connectivity index (χ0n) is 15.7. The second-order valence-electron chi connectivity index (χ2n) is 7.39. The maximum Gasteiger partial charge on any atom is 0.520 e. The molecular formula is C18H30N3O4+. The highest BCUT2D eigenvalue weighted by Gasteiger charge is 2.34. The minimum absolute atomic E-state index is 0.0540. The van der Waals surface area contributed by atoms with Gasteiger partial charge in [-0.2, -0.15) is 4.79 Å². The van der Waals surface area contributed by atoms with Crippen LogP contribution in [0, 0.1) is 5.92 Å². The number of nitrogens with one attached hydrogen (secondary N) is 1. The highest BCUT2D eigenvalue weighted by atomic mass is 16.6. The molecule has 0 atom stereocenters. The third-order valence-corrected chi connectivity index (χ3v) is 4.21. The molecule has 0 unspecified atom stereocenters. The summed E-state index contributed by atoms with van der Waals surface area (Å²) in [5.41, 5.74) is 0. The number of ether oxygens (including phenoxy) is 1. The summed E-state index contributed by atoms with van der Waals surface area (Å²) in [6, 6.07) is -0.305. The standard InChI is InChI=1S/C18H29N3O4/c1-12(2)10-11-15(22)16-21(20-18(25-16)24-13(3)4)17(23)19-14-8-6-5-7-9-14/h12-14H,5-11H2,1-4H3/p+1. The van der Waals surface area contributed by atoms with Gasteiger partial charge in [0, 0.05) is 11.5 Å². The zero-order valence-corrected chi connectivity index (χ0v) is 15.7. The van der Waals surface area contributed by atoms with Crippen molar-refractivity contribution in [2.45, 2.75) is 84.8 Å². The lowest BCUT2D eigenvalue weighted by molar-refractivity contribution is -0.639. The Labute approximate surface area is 149 Å². The van der Waals surface area contributed by atoms with Crippen molar-refractivity contribution in [3.05, 3.63) is 5.89 Å². The monoisotopic (exact) mass is 352 g/mol. The van der Waals surface area contributed by atoms with E-state index in [1.165, 1.54) is 6.42 Å². The number of nitrogens with zero attached hydrogens (tertiary/aromatic N) is 2. The van der Waals surface area contributed by atoms with Gasteiger partial charge in [-0.1, -0.05) is 20.3 Å². The number of Topliss-reactive ketones (excluding diaryl/α,β-unsaturated/α-hetero) is 1. The molecule has 1 aliphatic rings. The molecular weight excluding hydrogens is 322 g/mol. The molecule has 0 aliphatic heterocycles. The summed E-state index contributed by atoms with van der Waals surface area (Å²) < 4.78 is 11.9. The Bertz CT molecular complexity index is 589. The van der Waals surface area contributed by atoms with E-state index in [0.29, 0.717) is 12.3 Å². The van der Waals surface area contributed by atoms with E-state index in [2.05, 4.69) is 10.4 Å². The third-order valence-electron chi connectivity index (χ3n) is 4.21. The first kappa shape index (κ1) is 19.4. The first-order chi connectivity index (χ1) is 11.9. The second-order valence-corrected chi connectivity index (χ2v) is 7.39. The number of hydrogen-bond acceptors (Lipinski definition) is 5. The molecule has 1 saturated carbocycles. The average Bonchev–Trinajstić information content (AvgIpc) is 2.96. The van der Waals surface area contributed by atoms with Crippen LogP contribution in [0.25, 0.3) is 0 Å². The normalized spacial score (nSPS) is 15.6. The molecule has 1 aliphatic carbocycles. The van der Waals surface area contributed by atoms with Gasteiger partial charge in [0.2, 0.25) is 5.78 Å². The van der Waals surface area contributed by atoms with Crippen molar-refractivity contribution in [3.63, 3.8) is 0 Å². The summed E-state index contributed by atoms with van der Waals surface area (Å²) >= 11 is 0. The van der Waals surface area contributed by atoms with Gasteiger partial charge in [0.1, 0.15) is 0 Å². The van der Waals surface area contributed by atoms with Crippen LogP contribution in [0.2, 0.25) is 0 Å². The number of hydrogen-bond donors (Lipinski definition) is 1. The Balaban J connectivity index is 2.16. The minimum atomic E-state index is -0.429. The van der Waals surface area contributed by atoms with Crippen LogP contribution >= 0.6 is 0 Å². The molecule has 1 amide bonds. The topological polar surface area (TPSA) is 85.3 Å². The molecule has 7 heteroatoms. The summed E-state index contributed by atoms with van der Waals surface area (Å²) in [6.07, 6.45) is 6.15. The molecule has 0 spiro atoms. The summed E-state index contributed by atoms with van der Waals surface area (Å²) in [5, 5.41) is 7.01. The largest absolute Gasteiger partial charge is 0.520 e. The molecule has 140 valence electrons. The minimum Gasteiger partial charge on any atom is -0.445 e. The van der Waals surface area contributed by atoms with Crippen LogP contribution in [-0.4, -0.2) is 29.1 Å². The van der Waals surface area contributed by atoms with Gasteiger partial charge in [-0.15, -0.1) is 0 Å². The van der Waals surface area contributed by atoms with E-state index in [9.17, 15) is 9.59 Å². The van der Waals surface area contributed by atoms with Crippen molar-refractivity contribution in [2.24, 2.45) is 5.92 Å². The highest BCUT2D eigenvalue weighted by Crippen LogP contribution is 2.18. The van der Waals surface area contributed by atoms with Crippen LogP contribution < -0.4 is 14.7 Å². The summed E-state index contributed by atoms with van der Waals surface area (Å²) in [7, 11) is 0. The number of aromatic nitrogens is 2. The highest BCUT2D eigenvalue weighted by molar-refractivity contribution is 5.91. The van der Waals surface area contributed by atoms with Gasteiger partial charge < -0.3 is 9.15 Å². The van der Waals surface area contributed by atoms with Crippen LogP contribution in [0.5, 0.6) is 6.08 Å². The molecule has 0 bridgehead atoms. The van der Waals surface area contributed by atoms with Crippen molar-refractivity contribution in [1.29, 1.82) is 0 Å². The van der Waals surface area contributed by atoms with Gasteiger partial charge in [0.25, 0.3) is 0 Å². The Hall–Kier alpha value is -1.92. The van der Waals surface area contributed by atoms with Gasteiger partial charge in [0.15, 0.2) is 0 Å². The lowest BCUT2D eigenvalue weighted by Gasteiger charge is -2.17. The number of carbonyl (C=O) groups is 2. The zero-order chi connectivity index (χ0) is 18.4. The van der Waals surface area contributed by atoms with E-state index >= 15 is 0 Å².